The highest BCUT2D eigenvalue weighted by Gasteiger charge is 2.45. The molecule has 1 amide bonds. The second-order valence-electron chi connectivity index (χ2n) is 6.51. The first-order valence-corrected chi connectivity index (χ1v) is 7.58. The van der Waals surface area contributed by atoms with E-state index in [0.29, 0.717) is 0 Å². The third kappa shape index (κ3) is 6.69. The molecule has 0 fully saturated rings. The first-order chi connectivity index (χ1) is 11.8. The standard InChI is InChI=1S/C16H19F3N2O5/c1-15(2,3)26-13(22)12(20-14(23)16(17,18)19)11(9-21(24)25)10-7-5-4-6-8-10/h4-8,11-12H,9H2,1-3H3,(H,20,23)/t11-,12-/m0/s1. The van der Waals surface area contributed by atoms with E-state index in [0.717, 1.165) is 0 Å². The Balaban J connectivity index is 3.30. The Kier molecular flexibility index (Phi) is 6.71. The number of alkyl halides is 3. The van der Waals surface area contributed by atoms with Gasteiger partial charge in [0, 0.05) is 4.92 Å². The van der Waals surface area contributed by atoms with Gasteiger partial charge in [0.1, 0.15) is 11.6 Å². The van der Waals surface area contributed by atoms with Crippen LogP contribution in [0.3, 0.4) is 0 Å². The lowest BCUT2D eigenvalue weighted by Gasteiger charge is -2.28. The summed E-state index contributed by atoms with van der Waals surface area (Å²) in [7, 11) is 0. The smallest absolute Gasteiger partial charge is 0.458 e. The predicted molar refractivity (Wildman–Crippen MR) is 84.9 cm³/mol. The summed E-state index contributed by atoms with van der Waals surface area (Å²) in [6.07, 6.45) is -5.25. The minimum absolute atomic E-state index is 0.225. The Hall–Kier alpha value is -2.65. The maximum absolute atomic E-state index is 12.6. The second kappa shape index (κ2) is 8.15. The van der Waals surface area contributed by atoms with Crippen molar-refractivity contribution >= 4 is 11.9 Å². The van der Waals surface area contributed by atoms with Crippen LogP contribution < -0.4 is 5.32 Å². The number of benzene rings is 1. The number of amides is 1. The van der Waals surface area contributed by atoms with E-state index in [1.807, 2.05) is 0 Å². The van der Waals surface area contributed by atoms with Gasteiger partial charge in [-0.3, -0.25) is 14.9 Å². The Morgan fingerprint density at radius 3 is 2.15 bits per heavy atom. The maximum Gasteiger partial charge on any atom is 0.471 e. The monoisotopic (exact) mass is 376 g/mol. The van der Waals surface area contributed by atoms with Gasteiger partial charge in [0.15, 0.2) is 0 Å². The molecule has 0 aliphatic heterocycles. The van der Waals surface area contributed by atoms with Gasteiger partial charge in [-0.15, -0.1) is 0 Å². The molecule has 144 valence electrons. The van der Waals surface area contributed by atoms with Crippen LogP contribution in [0.1, 0.15) is 32.3 Å². The van der Waals surface area contributed by atoms with Crippen LogP contribution in [-0.2, 0) is 14.3 Å². The zero-order valence-corrected chi connectivity index (χ0v) is 14.4. The van der Waals surface area contributed by atoms with E-state index in [1.165, 1.54) is 45.0 Å². The van der Waals surface area contributed by atoms with E-state index < -0.39 is 47.1 Å². The van der Waals surface area contributed by atoms with Crippen LogP contribution >= 0.6 is 0 Å². The van der Waals surface area contributed by atoms with Gasteiger partial charge >= 0.3 is 18.1 Å². The summed E-state index contributed by atoms with van der Waals surface area (Å²) in [6.45, 7) is 3.59. The van der Waals surface area contributed by atoms with Crippen molar-refractivity contribution in [2.75, 3.05) is 6.54 Å². The van der Waals surface area contributed by atoms with Gasteiger partial charge in [-0.1, -0.05) is 30.3 Å². The number of nitro groups is 1. The van der Waals surface area contributed by atoms with E-state index in [9.17, 15) is 32.9 Å². The fourth-order valence-corrected chi connectivity index (χ4v) is 2.18. The molecule has 0 heterocycles. The molecule has 1 aromatic carbocycles. The van der Waals surface area contributed by atoms with Crippen molar-refractivity contribution in [1.82, 2.24) is 5.32 Å². The Labute approximate surface area is 147 Å². The molecule has 1 aromatic rings. The number of halogens is 3. The van der Waals surface area contributed by atoms with Crippen molar-refractivity contribution in [2.24, 2.45) is 0 Å². The van der Waals surface area contributed by atoms with Gasteiger partial charge in [0.2, 0.25) is 6.54 Å². The van der Waals surface area contributed by atoms with Gasteiger partial charge in [-0.05, 0) is 26.3 Å². The van der Waals surface area contributed by atoms with Crippen molar-refractivity contribution in [3.63, 3.8) is 0 Å². The van der Waals surface area contributed by atoms with Crippen molar-refractivity contribution in [3.05, 3.63) is 46.0 Å². The van der Waals surface area contributed by atoms with Crippen LogP contribution in [0.4, 0.5) is 13.2 Å². The van der Waals surface area contributed by atoms with E-state index in [-0.39, 0.29) is 5.56 Å². The number of nitrogens with zero attached hydrogens (tertiary/aromatic N) is 1. The molecule has 0 aromatic heterocycles. The van der Waals surface area contributed by atoms with Gasteiger partial charge in [0.05, 0.1) is 5.92 Å². The molecule has 1 rings (SSSR count). The van der Waals surface area contributed by atoms with Crippen LogP contribution in [0, 0.1) is 10.1 Å². The lowest BCUT2D eigenvalue weighted by molar-refractivity contribution is -0.483. The molecule has 0 saturated carbocycles. The third-order valence-electron chi connectivity index (χ3n) is 3.18. The van der Waals surface area contributed by atoms with E-state index in [2.05, 4.69) is 0 Å². The molecule has 2 atom stereocenters. The predicted octanol–water partition coefficient (Wildman–Crippen LogP) is 2.44. The minimum Gasteiger partial charge on any atom is -0.458 e. The molecule has 0 aliphatic rings. The van der Waals surface area contributed by atoms with Crippen LogP contribution in [-0.4, -0.2) is 41.2 Å². The largest absolute Gasteiger partial charge is 0.471 e. The number of hydrogen-bond donors (Lipinski definition) is 1. The summed E-state index contributed by atoms with van der Waals surface area (Å²) >= 11 is 0. The molecule has 7 nitrogen and oxygen atoms in total. The molecule has 10 heteroatoms. The van der Waals surface area contributed by atoms with Gasteiger partial charge < -0.3 is 10.1 Å². The minimum atomic E-state index is -5.25. The van der Waals surface area contributed by atoms with Crippen LogP contribution in [0.25, 0.3) is 0 Å². The number of carbonyl (C=O) groups excluding carboxylic acids is 2. The SMILES string of the molecule is CC(C)(C)OC(=O)[C@@H](NC(=O)C(F)(F)F)[C@@H](C[N+](=O)[O-])c1ccccc1. The first-order valence-electron chi connectivity index (χ1n) is 7.58. The maximum atomic E-state index is 12.6. The summed E-state index contributed by atoms with van der Waals surface area (Å²) in [6, 6.07) is 5.59. The molecule has 1 N–H and O–H groups in total. The summed E-state index contributed by atoms with van der Waals surface area (Å²) in [5.41, 5.74) is -0.837. The third-order valence-corrected chi connectivity index (χ3v) is 3.18. The van der Waals surface area contributed by atoms with E-state index in [4.69, 9.17) is 4.74 Å². The van der Waals surface area contributed by atoms with E-state index >= 15 is 0 Å². The molecular weight excluding hydrogens is 357 g/mol. The number of ether oxygens (including phenoxy) is 1. The molecule has 0 saturated heterocycles. The fourth-order valence-electron chi connectivity index (χ4n) is 2.18. The van der Waals surface area contributed by atoms with Crippen LogP contribution in [0.2, 0.25) is 0 Å². The summed E-state index contributed by atoms with van der Waals surface area (Å²) in [5.74, 6) is -4.91. The lowest BCUT2D eigenvalue weighted by atomic mass is 9.91. The molecular formula is C16H19F3N2O5. The van der Waals surface area contributed by atoms with Crippen molar-refractivity contribution in [1.29, 1.82) is 0 Å². The highest BCUT2D eigenvalue weighted by atomic mass is 19.4. The van der Waals surface area contributed by atoms with Gasteiger partial charge in [-0.2, -0.15) is 13.2 Å². The van der Waals surface area contributed by atoms with Crippen molar-refractivity contribution < 1.29 is 32.4 Å². The number of hydrogen-bond acceptors (Lipinski definition) is 5. The zero-order valence-electron chi connectivity index (χ0n) is 14.4. The number of rotatable bonds is 6. The average Bonchev–Trinajstić information content (AvgIpc) is 2.48. The number of esters is 1. The Morgan fingerprint density at radius 2 is 1.73 bits per heavy atom. The molecule has 0 spiro atoms. The summed E-state index contributed by atoms with van der Waals surface area (Å²) < 4.78 is 43.0. The van der Waals surface area contributed by atoms with Crippen LogP contribution in [0.5, 0.6) is 0 Å². The summed E-state index contributed by atoms with van der Waals surface area (Å²) in [4.78, 5) is 34.0. The molecule has 0 bridgehead atoms. The molecule has 0 radical (unpaired) electrons. The highest BCUT2D eigenvalue weighted by Crippen LogP contribution is 2.24. The topological polar surface area (TPSA) is 98.5 Å². The van der Waals surface area contributed by atoms with E-state index in [1.54, 1.807) is 11.4 Å². The first kappa shape index (κ1) is 21.4. The van der Waals surface area contributed by atoms with Gasteiger partial charge in [0.25, 0.3) is 0 Å². The average molecular weight is 376 g/mol. The number of carbonyl (C=O) groups is 2. The fraction of sp³-hybridized carbons (Fsp3) is 0.500. The Morgan fingerprint density at radius 1 is 1.19 bits per heavy atom. The summed E-state index contributed by atoms with van der Waals surface area (Å²) in [5, 5.41) is 12.5. The molecule has 26 heavy (non-hydrogen) atoms. The quantitative estimate of drug-likeness (QED) is 0.467. The van der Waals surface area contributed by atoms with Crippen molar-refractivity contribution in [3.8, 4) is 0 Å². The van der Waals surface area contributed by atoms with Crippen molar-refractivity contribution in [2.45, 2.75) is 44.5 Å². The van der Waals surface area contributed by atoms with Gasteiger partial charge in [-0.25, -0.2) is 4.79 Å². The normalized spacial score (nSPS) is 14.2. The highest BCUT2D eigenvalue weighted by molar-refractivity contribution is 5.88. The number of nitrogens with one attached hydrogen (secondary N) is 1. The second-order valence-corrected chi connectivity index (χ2v) is 6.51. The Bertz CT molecular complexity index is 656. The lowest BCUT2D eigenvalue weighted by Crippen LogP contribution is -2.52. The van der Waals surface area contributed by atoms with Crippen LogP contribution in [0.15, 0.2) is 30.3 Å². The molecule has 0 unspecified atom stereocenters. The molecule has 0 aliphatic carbocycles. The zero-order chi connectivity index (χ0) is 20.1.